The van der Waals surface area contributed by atoms with Crippen molar-refractivity contribution < 1.29 is 19.2 Å². The zero-order valence-corrected chi connectivity index (χ0v) is 18.1. The summed E-state index contributed by atoms with van der Waals surface area (Å²) in [7, 11) is 1.63. The number of nitrogens with zero attached hydrogens (tertiary/aromatic N) is 3. The molecule has 0 radical (unpaired) electrons. The molecule has 2 aliphatic rings. The number of H-pyrrole nitrogens is 1. The number of fused-ring (bicyclic) bond motifs is 1. The first-order valence-corrected chi connectivity index (χ1v) is 11.4. The van der Waals surface area contributed by atoms with Crippen LogP contribution < -0.4 is 5.32 Å². The maximum atomic E-state index is 12.8. The van der Waals surface area contributed by atoms with Crippen LogP contribution in [0.15, 0.2) is 24.3 Å². The van der Waals surface area contributed by atoms with Crippen LogP contribution in [0.5, 0.6) is 0 Å². The van der Waals surface area contributed by atoms with Gasteiger partial charge in [0.2, 0.25) is 5.60 Å². The summed E-state index contributed by atoms with van der Waals surface area (Å²) in [5.41, 5.74) is 1.31. The molecule has 1 fully saturated rings. The van der Waals surface area contributed by atoms with Crippen molar-refractivity contribution in [3.63, 3.8) is 0 Å². The maximum Gasteiger partial charge on any atom is 0.276 e. The van der Waals surface area contributed by atoms with Gasteiger partial charge in [0.1, 0.15) is 6.26 Å². The fraction of sp³-hybridized carbons (Fsp3) is 0.381. The number of nitrogens with one attached hydrogen (secondary N) is 2. The third kappa shape index (κ3) is 4.31. The van der Waals surface area contributed by atoms with Crippen LogP contribution in [0.3, 0.4) is 0 Å². The van der Waals surface area contributed by atoms with Crippen molar-refractivity contribution >= 4 is 28.9 Å². The number of rotatable bonds is 3. The minimum Gasteiger partial charge on any atom is -0.598 e. The lowest BCUT2D eigenvalue weighted by Crippen LogP contribution is -2.37. The Hall–Kier alpha value is -2.84. The number of hydrogen-bond donors (Lipinski definition) is 3. The van der Waals surface area contributed by atoms with E-state index in [1.807, 2.05) is 0 Å². The van der Waals surface area contributed by atoms with Crippen molar-refractivity contribution in [2.24, 2.45) is 0 Å². The molecule has 3 heterocycles. The number of anilines is 1. The van der Waals surface area contributed by atoms with E-state index in [1.54, 1.807) is 41.9 Å². The maximum absolute atomic E-state index is 12.8. The lowest BCUT2D eigenvalue weighted by atomic mass is 10.0. The Labute approximate surface area is 183 Å². The average Bonchev–Trinajstić information content (AvgIpc) is 3.29. The molecule has 1 saturated heterocycles. The number of carbonyl (C=O) groups is 2. The van der Waals surface area contributed by atoms with Crippen LogP contribution in [-0.2, 0) is 29.1 Å². The summed E-state index contributed by atoms with van der Waals surface area (Å²) in [5.74, 6) is 4.72. The lowest BCUT2D eigenvalue weighted by Gasteiger charge is -2.25. The van der Waals surface area contributed by atoms with Gasteiger partial charge in [-0.1, -0.05) is 17.9 Å². The van der Waals surface area contributed by atoms with Crippen molar-refractivity contribution in [3.05, 3.63) is 46.8 Å². The van der Waals surface area contributed by atoms with E-state index in [2.05, 4.69) is 27.4 Å². The Morgan fingerprint density at radius 1 is 1.42 bits per heavy atom. The van der Waals surface area contributed by atoms with E-state index in [4.69, 9.17) is 0 Å². The van der Waals surface area contributed by atoms with E-state index in [-0.39, 0.29) is 18.0 Å². The van der Waals surface area contributed by atoms with E-state index in [9.17, 15) is 19.2 Å². The predicted octanol–water partition coefficient (Wildman–Crippen LogP) is 0.258. The Morgan fingerprint density at radius 3 is 2.94 bits per heavy atom. The number of benzene rings is 1. The molecule has 0 saturated carbocycles. The molecule has 0 aliphatic carbocycles. The highest BCUT2D eigenvalue weighted by molar-refractivity contribution is 7.88. The third-order valence-electron chi connectivity index (χ3n) is 5.52. The molecular formula is C21H23N5O4S. The molecule has 3 N–H and O–H groups in total. The van der Waals surface area contributed by atoms with Crippen molar-refractivity contribution in [1.29, 1.82) is 0 Å². The standard InChI is InChI=1S/C21H23N5O4S/c1-25-11-9-21(29,20(25)28)8-6-14-4-3-5-15(12-14)22-19(27)18-16-13-26(31(2)30)10-7-17(16)23-24-18/h3-5,12,29H,7,9-11,13H2,1-2H3,(H,22,27)(H,23,24)/t21-,31-/m0/s1. The van der Waals surface area contributed by atoms with Gasteiger partial charge in [-0.05, 0) is 18.2 Å². The molecule has 1 aromatic heterocycles. The number of likely N-dealkylation sites (tertiary alicyclic amines) is 1. The SMILES string of the molecule is CN1CC[C@@](O)(C#Cc2cccc(NC(=O)c3n[nH]c4c3CN([S@+](C)[O-])CC4)c2)C1=O. The van der Waals surface area contributed by atoms with E-state index < -0.39 is 22.9 Å². The molecule has 10 heteroatoms. The topological polar surface area (TPSA) is 125 Å². The lowest BCUT2D eigenvalue weighted by molar-refractivity contribution is -0.137. The molecule has 0 unspecified atom stereocenters. The highest BCUT2D eigenvalue weighted by Crippen LogP contribution is 2.24. The first kappa shape index (κ1) is 21.4. The Balaban J connectivity index is 1.50. The molecule has 4 rings (SSSR count). The largest absolute Gasteiger partial charge is 0.598 e. The van der Waals surface area contributed by atoms with Crippen LogP contribution >= 0.6 is 0 Å². The van der Waals surface area contributed by atoms with Crippen LogP contribution in [0, 0.1) is 11.8 Å². The minimum atomic E-state index is -1.67. The second kappa shape index (κ2) is 8.36. The van der Waals surface area contributed by atoms with E-state index in [0.717, 1.165) is 11.3 Å². The molecule has 2 atom stereocenters. The predicted molar refractivity (Wildman–Crippen MR) is 115 cm³/mol. The highest BCUT2D eigenvalue weighted by Gasteiger charge is 2.42. The average molecular weight is 442 g/mol. The van der Waals surface area contributed by atoms with Gasteiger partial charge >= 0.3 is 0 Å². The van der Waals surface area contributed by atoms with Gasteiger partial charge in [-0.2, -0.15) is 5.10 Å². The first-order chi connectivity index (χ1) is 14.8. The highest BCUT2D eigenvalue weighted by atomic mass is 32.2. The Kier molecular flexibility index (Phi) is 5.77. The second-order valence-corrected chi connectivity index (χ2v) is 9.05. The van der Waals surface area contributed by atoms with Gasteiger partial charge in [0, 0.05) is 60.3 Å². The molecule has 0 spiro atoms. The zero-order valence-electron chi connectivity index (χ0n) is 17.3. The second-order valence-electron chi connectivity index (χ2n) is 7.69. The molecule has 1 aromatic carbocycles. The molecule has 9 nitrogen and oxygen atoms in total. The van der Waals surface area contributed by atoms with Crippen LogP contribution in [-0.4, -0.2) is 72.9 Å². The summed E-state index contributed by atoms with van der Waals surface area (Å²) in [6.07, 6.45) is 2.53. The molecule has 2 aromatic rings. The van der Waals surface area contributed by atoms with E-state index in [1.165, 1.54) is 4.90 Å². The summed E-state index contributed by atoms with van der Waals surface area (Å²) in [4.78, 5) is 26.3. The van der Waals surface area contributed by atoms with Crippen LogP contribution in [0.25, 0.3) is 0 Å². The third-order valence-corrected chi connectivity index (χ3v) is 6.56. The zero-order chi connectivity index (χ0) is 22.2. The van der Waals surface area contributed by atoms with Crippen LogP contribution in [0.4, 0.5) is 5.69 Å². The monoisotopic (exact) mass is 441 g/mol. The van der Waals surface area contributed by atoms with Gasteiger partial charge < -0.3 is 19.9 Å². The van der Waals surface area contributed by atoms with E-state index in [0.29, 0.717) is 37.3 Å². The quantitative estimate of drug-likeness (QED) is 0.464. The number of amides is 2. The fourth-order valence-electron chi connectivity index (χ4n) is 3.69. The van der Waals surface area contributed by atoms with E-state index >= 15 is 0 Å². The van der Waals surface area contributed by atoms with Gasteiger partial charge in [-0.3, -0.25) is 14.7 Å². The van der Waals surface area contributed by atoms with Gasteiger partial charge in [-0.25, -0.2) is 0 Å². The molecule has 2 aliphatic heterocycles. The molecule has 162 valence electrons. The number of likely N-dealkylation sites (N-methyl/N-ethyl adjacent to an activating group) is 1. The number of aliphatic hydroxyl groups is 1. The van der Waals surface area contributed by atoms with Gasteiger partial charge in [0.15, 0.2) is 5.69 Å². The van der Waals surface area contributed by atoms with Crippen molar-refractivity contribution in [3.8, 4) is 11.8 Å². The Morgan fingerprint density at radius 2 is 2.23 bits per heavy atom. The summed E-state index contributed by atoms with van der Waals surface area (Å²) >= 11 is -1.12. The number of hydrogen-bond acceptors (Lipinski definition) is 6. The molecule has 2 amide bonds. The van der Waals surface area contributed by atoms with Gasteiger partial charge in [0.25, 0.3) is 11.8 Å². The molecule has 0 bridgehead atoms. The number of carbonyl (C=O) groups excluding carboxylic acids is 2. The summed E-state index contributed by atoms with van der Waals surface area (Å²) < 4.78 is 13.6. The van der Waals surface area contributed by atoms with Crippen LogP contribution in [0.2, 0.25) is 0 Å². The minimum absolute atomic E-state index is 0.260. The summed E-state index contributed by atoms with van der Waals surface area (Å²) in [6.45, 7) is 1.49. The van der Waals surface area contributed by atoms with Crippen molar-refractivity contribution in [2.45, 2.75) is 25.0 Å². The van der Waals surface area contributed by atoms with Gasteiger partial charge in [0.05, 0.1) is 13.1 Å². The molecule has 31 heavy (non-hydrogen) atoms. The first-order valence-electron chi connectivity index (χ1n) is 9.84. The fourth-order valence-corrected chi connectivity index (χ4v) is 4.35. The van der Waals surface area contributed by atoms with Crippen molar-refractivity contribution in [1.82, 2.24) is 19.4 Å². The number of aromatic amines is 1. The number of aromatic nitrogens is 2. The Bertz CT molecular complexity index is 1090. The smallest absolute Gasteiger partial charge is 0.276 e. The van der Waals surface area contributed by atoms with Crippen LogP contribution in [0.1, 0.15) is 33.7 Å². The molecular weight excluding hydrogens is 418 g/mol. The van der Waals surface area contributed by atoms with Gasteiger partial charge in [-0.15, -0.1) is 4.31 Å². The summed E-state index contributed by atoms with van der Waals surface area (Å²) in [5, 5.41) is 20.3. The summed E-state index contributed by atoms with van der Waals surface area (Å²) in [6, 6.07) is 6.86. The normalized spacial score (nSPS) is 21.9. The van der Waals surface area contributed by atoms with Crippen molar-refractivity contribution in [2.75, 3.05) is 31.7 Å².